The summed E-state index contributed by atoms with van der Waals surface area (Å²) < 4.78 is 5.37. The Hall–Kier alpha value is -1.75. The van der Waals surface area contributed by atoms with E-state index in [4.69, 9.17) is 9.94 Å². The SMILES string of the molecule is CC(C)(C)OC(=O)N1CCc2ccc(NO)cc2C1. The van der Waals surface area contributed by atoms with E-state index in [1.807, 2.05) is 39.0 Å². The third kappa shape index (κ3) is 3.38. The van der Waals surface area contributed by atoms with Gasteiger partial charge in [-0.15, -0.1) is 0 Å². The molecular weight excluding hydrogens is 244 g/mol. The van der Waals surface area contributed by atoms with Crippen LogP contribution < -0.4 is 5.48 Å². The van der Waals surface area contributed by atoms with Crippen molar-refractivity contribution in [2.24, 2.45) is 0 Å². The second-order valence-corrected chi connectivity index (χ2v) is 5.75. The first-order valence-electron chi connectivity index (χ1n) is 6.39. The quantitative estimate of drug-likeness (QED) is 0.766. The normalized spacial score (nSPS) is 14.8. The summed E-state index contributed by atoms with van der Waals surface area (Å²) in [6.07, 6.45) is 0.515. The first-order chi connectivity index (χ1) is 8.89. The number of ether oxygens (including phenoxy) is 1. The van der Waals surface area contributed by atoms with Crippen LogP contribution in [0.2, 0.25) is 0 Å². The zero-order valence-electron chi connectivity index (χ0n) is 11.6. The van der Waals surface area contributed by atoms with Crippen molar-refractivity contribution in [1.29, 1.82) is 0 Å². The first kappa shape index (κ1) is 13.7. The highest BCUT2D eigenvalue weighted by Gasteiger charge is 2.25. The van der Waals surface area contributed by atoms with Gasteiger partial charge >= 0.3 is 6.09 Å². The summed E-state index contributed by atoms with van der Waals surface area (Å²) in [7, 11) is 0. The van der Waals surface area contributed by atoms with E-state index in [0.717, 1.165) is 12.0 Å². The van der Waals surface area contributed by atoms with E-state index in [1.165, 1.54) is 5.56 Å². The molecule has 0 unspecified atom stereocenters. The fourth-order valence-electron chi connectivity index (χ4n) is 2.11. The first-order valence-corrected chi connectivity index (χ1v) is 6.39. The molecule has 5 nitrogen and oxygen atoms in total. The molecule has 1 heterocycles. The highest BCUT2D eigenvalue weighted by molar-refractivity contribution is 5.69. The third-order valence-electron chi connectivity index (χ3n) is 3.00. The maximum Gasteiger partial charge on any atom is 0.410 e. The number of nitrogens with zero attached hydrogens (tertiary/aromatic N) is 1. The number of hydrogen-bond donors (Lipinski definition) is 2. The van der Waals surface area contributed by atoms with E-state index in [9.17, 15) is 4.79 Å². The van der Waals surface area contributed by atoms with Crippen LogP contribution in [-0.2, 0) is 17.7 Å². The Kier molecular flexibility index (Phi) is 3.66. The lowest BCUT2D eigenvalue weighted by Crippen LogP contribution is -2.39. The van der Waals surface area contributed by atoms with Crippen LogP contribution in [0.25, 0.3) is 0 Å². The van der Waals surface area contributed by atoms with Crippen molar-refractivity contribution in [3.8, 4) is 0 Å². The molecule has 5 heteroatoms. The number of benzene rings is 1. The second kappa shape index (κ2) is 5.09. The van der Waals surface area contributed by atoms with Crippen molar-refractivity contribution in [1.82, 2.24) is 4.90 Å². The van der Waals surface area contributed by atoms with Gasteiger partial charge in [0.2, 0.25) is 0 Å². The van der Waals surface area contributed by atoms with Crippen LogP contribution in [0.15, 0.2) is 18.2 Å². The van der Waals surface area contributed by atoms with Crippen LogP contribution in [0.4, 0.5) is 10.5 Å². The fourth-order valence-corrected chi connectivity index (χ4v) is 2.11. The molecule has 1 aliphatic heterocycles. The zero-order chi connectivity index (χ0) is 14.0. The summed E-state index contributed by atoms with van der Waals surface area (Å²) in [6, 6.07) is 5.65. The molecule has 1 amide bonds. The maximum absolute atomic E-state index is 12.0. The Balaban J connectivity index is 2.10. The van der Waals surface area contributed by atoms with Gasteiger partial charge in [-0.3, -0.25) is 10.7 Å². The Morgan fingerprint density at radius 2 is 2.11 bits per heavy atom. The monoisotopic (exact) mass is 264 g/mol. The maximum atomic E-state index is 12.0. The van der Waals surface area contributed by atoms with Crippen molar-refractivity contribution >= 4 is 11.8 Å². The molecule has 0 spiro atoms. The van der Waals surface area contributed by atoms with E-state index >= 15 is 0 Å². The molecule has 0 radical (unpaired) electrons. The standard InChI is InChI=1S/C14H20N2O3/c1-14(2,3)19-13(17)16-7-6-10-4-5-12(15-18)8-11(10)9-16/h4-5,8,15,18H,6-7,9H2,1-3H3. The van der Waals surface area contributed by atoms with Gasteiger partial charge in [0.05, 0.1) is 5.69 Å². The Morgan fingerprint density at radius 1 is 1.37 bits per heavy atom. The molecule has 0 aromatic heterocycles. The molecule has 0 bridgehead atoms. The number of fused-ring (bicyclic) bond motifs is 1. The van der Waals surface area contributed by atoms with Gasteiger partial charge in [0.1, 0.15) is 5.60 Å². The highest BCUT2D eigenvalue weighted by atomic mass is 16.6. The minimum absolute atomic E-state index is 0.291. The lowest BCUT2D eigenvalue weighted by Gasteiger charge is -2.31. The summed E-state index contributed by atoms with van der Waals surface area (Å²) >= 11 is 0. The zero-order valence-corrected chi connectivity index (χ0v) is 11.6. The van der Waals surface area contributed by atoms with E-state index in [0.29, 0.717) is 18.8 Å². The van der Waals surface area contributed by atoms with Gasteiger partial charge < -0.3 is 9.64 Å². The minimum Gasteiger partial charge on any atom is -0.444 e. The van der Waals surface area contributed by atoms with Crippen LogP contribution in [0.3, 0.4) is 0 Å². The van der Waals surface area contributed by atoms with Crippen molar-refractivity contribution in [2.75, 3.05) is 12.0 Å². The van der Waals surface area contributed by atoms with Crippen molar-refractivity contribution in [2.45, 2.75) is 39.3 Å². The van der Waals surface area contributed by atoms with Crippen LogP contribution in [0, 0.1) is 0 Å². The predicted molar refractivity (Wildman–Crippen MR) is 72.2 cm³/mol. The van der Waals surface area contributed by atoms with E-state index in [-0.39, 0.29) is 6.09 Å². The molecule has 0 saturated heterocycles. The molecule has 0 atom stereocenters. The van der Waals surface area contributed by atoms with E-state index in [1.54, 1.807) is 4.90 Å². The number of anilines is 1. The van der Waals surface area contributed by atoms with E-state index < -0.39 is 5.60 Å². The minimum atomic E-state index is -0.480. The molecule has 1 aromatic carbocycles. The topological polar surface area (TPSA) is 61.8 Å². The Bertz CT molecular complexity index is 480. The number of carbonyl (C=O) groups excluding carboxylic acids is 1. The van der Waals surface area contributed by atoms with Gasteiger partial charge in [0, 0.05) is 13.1 Å². The third-order valence-corrected chi connectivity index (χ3v) is 3.00. The van der Waals surface area contributed by atoms with Crippen molar-refractivity contribution in [3.63, 3.8) is 0 Å². The predicted octanol–water partition coefficient (Wildman–Crippen LogP) is 2.78. The van der Waals surface area contributed by atoms with Gasteiger partial charge in [-0.2, -0.15) is 0 Å². The summed E-state index contributed by atoms with van der Waals surface area (Å²) in [6.45, 7) is 6.75. The number of hydrogen-bond acceptors (Lipinski definition) is 4. The summed E-state index contributed by atoms with van der Waals surface area (Å²) in [5.41, 5.74) is 4.52. The average Bonchev–Trinajstić information content (AvgIpc) is 2.35. The van der Waals surface area contributed by atoms with Gasteiger partial charge in [0.25, 0.3) is 0 Å². The largest absolute Gasteiger partial charge is 0.444 e. The van der Waals surface area contributed by atoms with E-state index in [2.05, 4.69) is 5.48 Å². The van der Waals surface area contributed by atoms with Gasteiger partial charge in [-0.25, -0.2) is 4.79 Å². The summed E-state index contributed by atoms with van der Waals surface area (Å²) in [4.78, 5) is 13.7. The number of amides is 1. The van der Waals surface area contributed by atoms with Crippen LogP contribution in [0.1, 0.15) is 31.9 Å². The van der Waals surface area contributed by atoms with Gasteiger partial charge in [-0.1, -0.05) is 6.07 Å². The van der Waals surface area contributed by atoms with Gasteiger partial charge in [-0.05, 0) is 50.5 Å². The number of carbonyl (C=O) groups is 1. The molecule has 104 valence electrons. The molecule has 0 aliphatic carbocycles. The highest BCUT2D eigenvalue weighted by Crippen LogP contribution is 2.23. The van der Waals surface area contributed by atoms with Crippen LogP contribution >= 0.6 is 0 Å². The van der Waals surface area contributed by atoms with Crippen LogP contribution in [0.5, 0.6) is 0 Å². The van der Waals surface area contributed by atoms with Gasteiger partial charge in [0.15, 0.2) is 0 Å². The molecular formula is C14H20N2O3. The number of nitrogens with one attached hydrogen (secondary N) is 1. The van der Waals surface area contributed by atoms with Crippen molar-refractivity contribution < 1.29 is 14.7 Å². The molecule has 1 aliphatic rings. The van der Waals surface area contributed by atoms with Crippen molar-refractivity contribution in [3.05, 3.63) is 29.3 Å². The molecule has 0 saturated carbocycles. The fraction of sp³-hybridized carbons (Fsp3) is 0.500. The lowest BCUT2D eigenvalue weighted by atomic mass is 9.99. The Labute approximate surface area is 113 Å². The average molecular weight is 264 g/mol. The summed E-state index contributed by atoms with van der Waals surface area (Å²) in [5, 5.41) is 8.91. The molecule has 0 fully saturated rings. The second-order valence-electron chi connectivity index (χ2n) is 5.75. The summed E-state index contributed by atoms with van der Waals surface area (Å²) in [5.74, 6) is 0. The smallest absolute Gasteiger partial charge is 0.410 e. The molecule has 1 aromatic rings. The van der Waals surface area contributed by atoms with Crippen LogP contribution in [-0.4, -0.2) is 28.3 Å². The Morgan fingerprint density at radius 3 is 2.74 bits per heavy atom. The number of rotatable bonds is 1. The molecule has 19 heavy (non-hydrogen) atoms. The lowest BCUT2D eigenvalue weighted by molar-refractivity contribution is 0.0224. The molecule has 2 N–H and O–H groups in total. The molecule has 2 rings (SSSR count).